The monoisotopic (exact) mass is 427 g/mol. The van der Waals surface area contributed by atoms with Crippen LogP contribution in [-0.4, -0.2) is 42.9 Å². The van der Waals surface area contributed by atoms with E-state index in [4.69, 9.17) is 22.1 Å². The van der Waals surface area contributed by atoms with Crippen LogP contribution in [0, 0.1) is 6.92 Å². The van der Waals surface area contributed by atoms with Gasteiger partial charge in [0, 0.05) is 19.3 Å². The van der Waals surface area contributed by atoms with Crippen LogP contribution in [0.4, 0.5) is 5.69 Å². The maximum atomic E-state index is 12.8. The van der Waals surface area contributed by atoms with Gasteiger partial charge < -0.3 is 15.8 Å². The lowest BCUT2D eigenvalue weighted by Gasteiger charge is -2.15. The quantitative estimate of drug-likeness (QED) is 0.457. The van der Waals surface area contributed by atoms with Crippen molar-refractivity contribution in [3.05, 3.63) is 52.4 Å². The minimum Gasteiger partial charge on any atom is -0.397 e. The average molecular weight is 428 g/mol. The third-order valence-corrected chi connectivity index (χ3v) is 5.02. The number of rotatable bonds is 6. The van der Waals surface area contributed by atoms with Crippen molar-refractivity contribution in [3.8, 4) is 0 Å². The van der Waals surface area contributed by atoms with Gasteiger partial charge in [0.05, 0.1) is 35.1 Å². The third kappa shape index (κ3) is 3.81. The molecule has 30 heavy (non-hydrogen) atoms. The molecule has 4 rings (SSSR count). The van der Waals surface area contributed by atoms with Crippen molar-refractivity contribution < 1.29 is 9.53 Å². The van der Waals surface area contributed by atoms with Crippen molar-refractivity contribution in [1.82, 2.24) is 29.7 Å². The van der Waals surface area contributed by atoms with E-state index in [1.807, 2.05) is 26.1 Å². The molecule has 0 fully saturated rings. The van der Waals surface area contributed by atoms with Gasteiger partial charge in [-0.15, -0.1) is 5.10 Å². The minimum absolute atomic E-state index is 0.207. The van der Waals surface area contributed by atoms with Crippen LogP contribution in [0.3, 0.4) is 0 Å². The summed E-state index contributed by atoms with van der Waals surface area (Å²) in [6, 6.07) is 7.08. The number of hydrogen-bond acceptors (Lipinski definition) is 6. The molecule has 0 spiro atoms. The Hall–Kier alpha value is -3.17. The fourth-order valence-corrected chi connectivity index (χ4v) is 3.56. The van der Waals surface area contributed by atoms with Crippen molar-refractivity contribution in [2.24, 2.45) is 7.05 Å². The molecule has 10 heteroatoms. The first-order valence-electron chi connectivity index (χ1n) is 9.44. The summed E-state index contributed by atoms with van der Waals surface area (Å²) in [7, 11) is 1.81. The smallest absolute Gasteiger partial charge is 0.270 e. The molecule has 3 heterocycles. The van der Waals surface area contributed by atoms with Gasteiger partial charge >= 0.3 is 0 Å². The molecule has 3 aromatic heterocycles. The lowest BCUT2D eigenvalue weighted by Crippen LogP contribution is -2.36. The number of carbonyl (C=O) groups excluding carboxylic acids is 1. The van der Waals surface area contributed by atoms with Crippen LogP contribution in [0.1, 0.15) is 28.7 Å². The normalized spacial score (nSPS) is 12.5. The number of fused-ring (bicyclic) bond motifs is 2. The summed E-state index contributed by atoms with van der Waals surface area (Å²) in [6.07, 6.45) is 1.68. The number of benzene rings is 1. The van der Waals surface area contributed by atoms with Crippen LogP contribution in [-0.2, 0) is 18.4 Å². The van der Waals surface area contributed by atoms with E-state index in [2.05, 4.69) is 20.6 Å². The topological polar surface area (TPSA) is 112 Å². The maximum absolute atomic E-state index is 12.8. The predicted molar refractivity (Wildman–Crippen MR) is 114 cm³/mol. The number of aryl methyl sites for hydroxylation is 2. The summed E-state index contributed by atoms with van der Waals surface area (Å²) in [4.78, 5) is 17.2. The Morgan fingerprint density at radius 2 is 2.17 bits per heavy atom. The molecule has 0 saturated heterocycles. The molecule has 1 atom stereocenters. The molecule has 9 nitrogen and oxygen atoms in total. The summed E-state index contributed by atoms with van der Waals surface area (Å²) >= 11 is 6.07. The van der Waals surface area contributed by atoms with Crippen molar-refractivity contribution in [1.29, 1.82) is 0 Å². The second-order valence-corrected chi connectivity index (χ2v) is 7.71. The molecular weight excluding hydrogens is 406 g/mol. The van der Waals surface area contributed by atoms with E-state index in [0.29, 0.717) is 46.5 Å². The van der Waals surface area contributed by atoms with Gasteiger partial charge in [0.15, 0.2) is 0 Å². The Morgan fingerprint density at radius 1 is 1.37 bits per heavy atom. The number of amides is 1. The molecule has 0 bridgehead atoms. The van der Waals surface area contributed by atoms with E-state index in [1.165, 1.54) is 0 Å². The van der Waals surface area contributed by atoms with Gasteiger partial charge in [0.25, 0.3) is 5.91 Å². The van der Waals surface area contributed by atoms with E-state index < -0.39 is 0 Å². The number of hydrogen-bond donors (Lipinski definition) is 2. The Bertz CT molecular complexity index is 1250. The zero-order valence-corrected chi connectivity index (χ0v) is 17.6. The lowest BCUT2D eigenvalue weighted by atomic mass is 10.2. The highest BCUT2D eigenvalue weighted by Gasteiger charge is 2.18. The molecule has 1 amide bonds. The molecule has 0 saturated carbocycles. The van der Waals surface area contributed by atoms with Crippen molar-refractivity contribution in [2.75, 3.05) is 12.3 Å². The van der Waals surface area contributed by atoms with Crippen LogP contribution in [0.15, 0.2) is 30.5 Å². The Labute approximate surface area is 177 Å². The Kier molecular flexibility index (Phi) is 5.31. The zero-order chi connectivity index (χ0) is 21.4. The highest BCUT2D eigenvalue weighted by atomic mass is 35.5. The maximum Gasteiger partial charge on any atom is 0.270 e. The first-order chi connectivity index (χ1) is 14.3. The number of aromatic nitrogens is 5. The number of carbonyl (C=O) groups is 1. The SMILES string of the molecule is Cc1nc2ccc(Cl)cn2c1C(=O)N[C@H](C)COCc1cc(N)c2nnn(C)c2c1. The summed E-state index contributed by atoms with van der Waals surface area (Å²) < 4.78 is 9.16. The van der Waals surface area contributed by atoms with E-state index in [9.17, 15) is 4.79 Å². The molecule has 1 aromatic carbocycles. The van der Waals surface area contributed by atoms with E-state index in [-0.39, 0.29) is 11.9 Å². The Balaban J connectivity index is 1.39. The van der Waals surface area contributed by atoms with Gasteiger partial charge in [-0.05, 0) is 43.7 Å². The molecule has 0 unspecified atom stereocenters. The van der Waals surface area contributed by atoms with Crippen LogP contribution >= 0.6 is 11.6 Å². The summed E-state index contributed by atoms with van der Waals surface area (Å²) in [5.74, 6) is -0.231. The number of pyridine rings is 1. The van der Waals surface area contributed by atoms with Crippen molar-refractivity contribution in [3.63, 3.8) is 0 Å². The number of nitrogens with one attached hydrogen (secondary N) is 1. The Morgan fingerprint density at radius 3 is 2.97 bits per heavy atom. The van der Waals surface area contributed by atoms with Gasteiger partial charge in [-0.2, -0.15) is 0 Å². The molecule has 156 valence electrons. The largest absolute Gasteiger partial charge is 0.397 e. The van der Waals surface area contributed by atoms with E-state index >= 15 is 0 Å². The fraction of sp³-hybridized carbons (Fsp3) is 0.300. The highest BCUT2D eigenvalue weighted by Crippen LogP contribution is 2.21. The van der Waals surface area contributed by atoms with Crippen LogP contribution in [0.25, 0.3) is 16.7 Å². The number of nitrogens with zero attached hydrogens (tertiary/aromatic N) is 5. The fourth-order valence-electron chi connectivity index (χ4n) is 3.40. The second-order valence-electron chi connectivity index (χ2n) is 7.28. The van der Waals surface area contributed by atoms with Gasteiger partial charge in [-0.3, -0.25) is 9.20 Å². The number of anilines is 1. The first kappa shape index (κ1) is 20.1. The van der Waals surface area contributed by atoms with E-state index in [0.717, 1.165) is 11.1 Å². The number of imidazole rings is 1. The lowest BCUT2D eigenvalue weighted by molar-refractivity contribution is 0.0815. The summed E-state index contributed by atoms with van der Waals surface area (Å²) in [5.41, 5.74) is 10.8. The van der Waals surface area contributed by atoms with Crippen LogP contribution in [0.2, 0.25) is 5.02 Å². The molecule has 3 N–H and O–H groups in total. The number of nitrogen functional groups attached to an aromatic ring is 1. The number of halogens is 1. The van der Waals surface area contributed by atoms with Crippen molar-refractivity contribution >= 4 is 39.9 Å². The first-order valence-corrected chi connectivity index (χ1v) is 9.82. The molecule has 0 aliphatic carbocycles. The van der Waals surface area contributed by atoms with Gasteiger partial charge in [0.2, 0.25) is 0 Å². The zero-order valence-electron chi connectivity index (χ0n) is 16.9. The molecule has 0 radical (unpaired) electrons. The second kappa shape index (κ2) is 7.92. The highest BCUT2D eigenvalue weighted by molar-refractivity contribution is 6.30. The molecule has 0 aliphatic heterocycles. The van der Waals surface area contributed by atoms with Gasteiger partial charge in [0.1, 0.15) is 16.9 Å². The number of ether oxygens (including phenoxy) is 1. The number of nitrogens with two attached hydrogens (primary N) is 1. The predicted octanol–water partition coefficient (Wildman–Crippen LogP) is 2.50. The average Bonchev–Trinajstić information content (AvgIpc) is 3.21. The van der Waals surface area contributed by atoms with Gasteiger partial charge in [-0.25, -0.2) is 9.67 Å². The minimum atomic E-state index is -0.231. The summed E-state index contributed by atoms with van der Waals surface area (Å²) in [5, 5.41) is 11.5. The molecule has 4 aromatic rings. The van der Waals surface area contributed by atoms with Crippen LogP contribution in [0.5, 0.6) is 0 Å². The van der Waals surface area contributed by atoms with Crippen molar-refractivity contribution in [2.45, 2.75) is 26.5 Å². The molecule has 0 aliphatic rings. The van der Waals surface area contributed by atoms with Gasteiger partial charge in [-0.1, -0.05) is 16.8 Å². The summed E-state index contributed by atoms with van der Waals surface area (Å²) in [6.45, 7) is 4.37. The third-order valence-electron chi connectivity index (χ3n) is 4.79. The molecular formula is C20H22ClN7O2. The van der Waals surface area contributed by atoms with Crippen LogP contribution < -0.4 is 11.1 Å². The van der Waals surface area contributed by atoms with E-state index in [1.54, 1.807) is 34.3 Å². The standard InChI is InChI=1S/C20H22ClN7O2/c1-11(9-30-10-13-6-15(22)18-16(7-13)27(3)26-25-18)23-20(29)19-12(2)24-17-5-4-14(21)8-28(17)19/h4-8,11H,9-10,22H2,1-3H3,(H,23,29)/t11-/m1/s1.